The first-order valence-corrected chi connectivity index (χ1v) is 10.7. The molecule has 0 amide bonds. The zero-order chi connectivity index (χ0) is 20.9. The lowest BCUT2D eigenvalue weighted by molar-refractivity contribution is 0.389. The number of ether oxygens (including phenoxy) is 1. The summed E-state index contributed by atoms with van der Waals surface area (Å²) in [6.45, 7) is 8.18. The summed E-state index contributed by atoms with van der Waals surface area (Å²) in [6, 6.07) is 6.80. The maximum absolute atomic E-state index is 13.2. The van der Waals surface area contributed by atoms with Crippen molar-refractivity contribution in [3.05, 3.63) is 59.0 Å². The van der Waals surface area contributed by atoms with E-state index in [-0.39, 0.29) is 16.2 Å². The SMILES string of the molecule is C=CCCN(CCC)S(=O)(=O)c1ccc(-c2cc(C)c(=O)n(C)c2)cc1OC. The summed E-state index contributed by atoms with van der Waals surface area (Å²) in [6.07, 6.45) is 4.73. The smallest absolute Gasteiger partial charge is 0.253 e. The fourth-order valence-corrected chi connectivity index (χ4v) is 4.76. The molecule has 0 aliphatic carbocycles. The number of benzene rings is 1. The third-order valence-electron chi connectivity index (χ3n) is 4.53. The van der Waals surface area contributed by atoms with E-state index in [4.69, 9.17) is 4.74 Å². The normalized spacial score (nSPS) is 11.6. The minimum absolute atomic E-state index is 0.0626. The molecule has 0 aliphatic heterocycles. The van der Waals surface area contributed by atoms with E-state index in [1.165, 1.54) is 16.0 Å². The van der Waals surface area contributed by atoms with Gasteiger partial charge in [0.1, 0.15) is 10.6 Å². The molecular weight excluding hydrogens is 376 g/mol. The zero-order valence-electron chi connectivity index (χ0n) is 16.9. The molecule has 0 radical (unpaired) electrons. The Morgan fingerprint density at radius 1 is 1.21 bits per heavy atom. The van der Waals surface area contributed by atoms with Crippen LogP contribution in [0.25, 0.3) is 11.1 Å². The lowest BCUT2D eigenvalue weighted by atomic mass is 10.1. The molecule has 0 atom stereocenters. The first kappa shape index (κ1) is 21.9. The second-order valence-electron chi connectivity index (χ2n) is 6.67. The molecular formula is C21H28N2O4S. The fourth-order valence-electron chi connectivity index (χ4n) is 3.07. The molecule has 7 heteroatoms. The lowest BCUT2D eigenvalue weighted by Gasteiger charge is -2.22. The van der Waals surface area contributed by atoms with E-state index in [0.29, 0.717) is 31.5 Å². The van der Waals surface area contributed by atoms with Crippen molar-refractivity contribution in [1.82, 2.24) is 8.87 Å². The van der Waals surface area contributed by atoms with Gasteiger partial charge in [0.05, 0.1) is 7.11 Å². The van der Waals surface area contributed by atoms with Gasteiger partial charge in [0.2, 0.25) is 10.0 Å². The number of aryl methyl sites for hydroxylation is 2. The number of pyridine rings is 1. The molecule has 0 aliphatic rings. The van der Waals surface area contributed by atoms with Gasteiger partial charge in [-0.25, -0.2) is 8.42 Å². The number of nitrogens with zero attached hydrogens (tertiary/aromatic N) is 2. The Bertz CT molecular complexity index is 983. The second kappa shape index (κ2) is 9.21. The van der Waals surface area contributed by atoms with Gasteiger partial charge in [-0.05, 0) is 49.1 Å². The highest BCUT2D eigenvalue weighted by atomic mass is 32.2. The van der Waals surface area contributed by atoms with Gasteiger partial charge in [-0.15, -0.1) is 6.58 Å². The van der Waals surface area contributed by atoms with Gasteiger partial charge in [-0.2, -0.15) is 4.31 Å². The van der Waals surface area contributed by atoms with Crippen molar-refractivity contribution in [2.45, 2.75) is 31.6 Å². The molecule has 0 fully saturated rings. The summed E-state index contributed by atoms with van der Waals surface area (Å²) < 4.78 is 34.7. The Morgan fingerprint density at radius 2 is 1.93 bits per heavy atom. The van der Waals surface area contributed by atoms with Crippen LogP contribution in [0, 0.1) is 6.92 Å². The second-order valence-corrected chi connectivity index (χ2v) is 8.58. The first-order valence-electron chi connectivity index (χ1n) is 9.23. The Labute approximate surface area is 167 Å². The van der Waals surface area contributed by atoms with Crippen LogP contribution in [-0.4, -0.2) is 37.5 Å². The predicted molar refractivity (Wildman–Crippen MR) is 112 cm³/mol. The van der Waals surface area contributed by atoms with Gasteiger partial charge in [0, 0.05) is 31.9 Å². The van der Waals surface area contributed by atoms with Crippen molar-refractivity contribution < 1.29 is 13.2 Å². The van der Waals surface area contributed by atoms with E-state index in [0.717, 1.165) is 11.1 Å². The van der Waals surface area contributed by atoms with E-state index in [2.05, 4.69) is 6.58 Å². The van der Waals surface area contributed by atoms with Crippen molar-refractivity contribution in [3.8, 4) is 16.9 Å². The molecule has 0 spiro atoms. The van der Waals surface area contributed by atoms with Crippen molar-refractivity contribution >= 4 is 10.0 Å². The summed E-state index contributed by atoms with van der Waals surface area (Å²) in [5.74, 6) is 0.281. The minimum atomic E-state index is -3.69. The predicted octanol–water partition coefficient (Wildman–Crippen LogP) is 3.35. The fraction of sp³-hybridized carbons (Fsp3) is 0.381. The Morgan fingerprint density at radius 3 is 2.50 bits per heavy atom. The van der Waals surface area contributed by atoms with Crippen LogP contribution in [-0.2, 0) is 17.1 Å². The van der Waals surface area contributed by atoms with E-state index < -0.39 is 10.0 Å². The van der Waals surface area contributed by atoms with Crippen LogP contribution in [0.1, 0.15) is 25.3 Å². The highest BCUT2D eigenvalue weighted by Crippen LogP contribution is 2.32. The van der Waals surface area contributed by atoms with Crippen LogP contribution in [0.5, 0.6) is 5.75 Å². The lowest BCUT2D eigenvalue weighted by Crippen LogP contribution is -2.32. The molecule has 2 aromatic rings. The summed E-state index contributed by atoms with van der Waals surface area (Å²) >= 11 is 0. The molecule has 0 saturated heterocycles. The largest absolute Gasteiger partial charge is 0.495 e. The molecule has 6 nitrogen and oxygen atoms in total. The number of sulfonamides is 1. The molecule has 2 rings (SSSR count). The van der Waals surface area contributed by atoms with Gasteiger partial charge in [0.25, 0.3) is 5.56 Å². The molecule has 1 aromatic heterocycles. The minimum Gasteiger partial charge on any atom is -0.495 e. The quantitative estimate of drug-likeness (QED) is 0.601. The molecule has 152 valence electrons. The molecule has 0 bridgehead atoms. The summed E-state index contributed by atoms with van der Waals surface area (Å²) in [5.41, 5.74) is 2.16. The average Bonchev–Trinajstić information content (AvgIpc) is 2.68. The van der Waals surface area contributed by atoms with Crippen LogP contribution in [0.4, 0.5) is 0 Å². The van der Waals surface area contributed by atoms with Crippen LogP contribution >= 0.6 is 0 Å². The van der Waals surface area contributed by atoms with Crippen LogP contribution < -0.4 is 10.3 Å². The van der Waals surface area contributed by atoms with Crippen LogP contribution in [0.15, 0.2) is 52.8 Å². The van der Waals surface area contributed by atoms with E-state index >= 15 is 0 Å². The van der Waals surface area contributed by atoms with Gasteiger partial charge in [0.15, 0.2) is 0 Å². The summed E-state index contributed by atoms with van der Waals surface area (Å²) in [4.78, 5) is 12.1. The van der Waals surface area contributed by atoms with Crippen molar-refractivity contribution in [2.75, 3.05) is 20.2 Å². The zero-order valence-corrected chi connectivity index (χ0v) is 17.8. The van der Waals surface area contributed by atoms with Crippen LogP contribution in [0.3, 0.4) is 0 Å². The molecule has 1 heterocycles. The number of hydrogen-bond donors (Lipinski definition) is 0. The van der Waals surface area contributed by atoms with Gasteiger partial charge in [-0.3, -0.25) is 4.79 Å². The van der Waals surface area contributed by atoms with Crippen molar-refractivity contribution in [1.29, 1.82) is 0 Å². The Hall–Kier alpha value is -2.38. The molecule has 0 saturated carbocycles. The number of rotatable bonds is 9. The maximum Gasteiger partial charge on any atom is 0.253 e. The van der Waals surface area contributed by atoms with Gasteiger partial charge >= 0.3 is 0 Å². The third-order valence-corrected chi connectivity index (χ3v) is 6.47. The number of hydrogen-bond acceptors (Lipinski definition) is 4. The highest BCUT2D eigenvalue weighted by Gasteiger charge is 2.27. The number of methoxy groups -OCH3 is 1. The maximum atomic E-state index is 13.2. The number of aromatic nitrogens is 1. The molecule has 1 aromatic carbocycles. The molecule has 0 N–H and O–H groups in total. The van der Waals surface area contributed by atoms with E-state index in [1.54, 1.807) is 50.5 Å². The monoisotopic (exact) mass is 404 g/mol. The summed E-state index contributed by atoms with van der Waals surface area (Å²) in [5, 5.41) is 0. The third kappa shape index (κ3) is 4.54. The van der Waals surface area contributed by atoms with Crippen molar-refractivity contribution in [3.63, 3.8) is 0 Å². The van der Waals surface area contributed by atoms with Crippen molar-refractivity contribution in [2.24, 2.45) is 7.05 Å². The molecule has 28 heavy (non-hydrogen) atoms. The van der Waals surface area contributed by atoms with E-state index in [1.807, 2.05) is 6.92 Å². The Kier molecular flexibility index (Phi) is 7.21. The van der Waals surface area contributed by atoms with Gasteiger partial charge < -0.3 is 9.30 Å². The van der Waals surface area contributed by atoms with E-state index in [9.17, 15) is 13.2 Å². The Balaban J connectivity index is 2.53. The molecule has 0 unspecified atom stereocenters. The summed E-state index contributed by atoms with van der Waals surface area (Å²) in [7, 11) is -0.547. The standard InChI is InChI=1S/C21H28N2O4S/c1-6-8-12-23(11-7-2)28(25,26)20-10-9-17(14-19(20)27-5)18-13-16(3)21(24)22(4)15-18/h6,9-10,13-15H,1,7-8,11-12H2,2-5H3. The average molecular weight is 405 g/mol. The highest BCUT2D eigenvalue weighted by molar-refractivity contribution is 7.89. The van der Waals surface area contributed by atoms with Gasteiger partial charge in [-0.1, -0.05) is 19.1 Å². The first-order chi connectivity index (χ1) is 13.3. The van der Waals surface area contributed by atoms with Crippen LogP contribution in [0.2, 0.25) is 0 Å². The topological polar surface area (TPSA) is 68.6 Å².